The lowest BCUT2D eigenvalue weighted by Crippen LogP contribution is -2.32. The molecule has 0 atom stereocenters. The third-order valence-electron chi connectivity index (χ3n) is 4.04. The Balaban J connectivity index is 1.76. The van der Waals surface area contributed by atoms with Gasteiger partial charge in [0.15, 0.2) is 0 Å². The molecule has 0 aliphatic heterocycles. The number of nitrogens with one attached hydrogen (secondary N) is 1. The Morgan fingerprint density at radius 2 is 2.05 bits per heavy atom. The Labute approximate surface area is 120 Å². The summed E-state index contributed by atoms with van der Waals surface area (Å²) in [6.45, 7) is 4.11. The minimum absolute atomic E-state index is 0.138. The highest BCUT2D eigenvalue weighted by Gasteiger charge is 2.14. The molecule has 3 N–H and O–H groups in total. The van der Waals surface area contributed by atoms with Crippen molar-refractivity contribution in [3.63, 3.8) is 0 Å². The third-order valence-corrected chi connectivity index (χ3v) is 4.04. The number of nitrogens with two attached hydrogens (primary N) is 1. The number of fused-ring (bicyclic) bond motifs is 1. The van der Waals surface area contributed by atoms with Gasteiger partial charge < -0.3 is 10.7 Å². The number of benzene rings is 1. The second-order valence-corrected chi connectivity index (χ2v) is 6.57. The molecular formula is C17H23N3. The molecule has 106 valence electrons. The van der Waals surface area contributed by atoms with Gasteiger partial charge in [0.1, 0.15) is 5.82 Å². The Morgan fingerprint density at radius 1 is 1.25 bits per heavy atom. The van der Waals surface area contributed by atoms with Crippen molar-refractivity contribution in [3.8, 4) is 11.3 Å². The SMILES string of the molecule is CC(C)(N)CCc1ncc(-c2ccc3c(c2)CCC3)[nH]1. The molecule has 0 amide bonds. The van der Waals surface area contributed by atoms with Gasteiger partial charge in [-0.25, -0.2) is 4.98 Å². The maximum Gasteiger partial charge on any atom is 0.106 e. The standard InChI is InChI=1S/C17H23N3/c1-17(2,18)9-8-16-19-11-15(20-16)14-7-6-12-4-3-5-13(12)10-14/h6-7,10-11H,3-5,8-9,18H2,1-2H3,(H,19,20). The maximum atomic E-state index is 6.02. The van der Waals surface area contributed by atoms with Crippen LogP contribution in [-0.4, -0.2) is 15.5 Å². The molecule has 1 aromatic heterocycles. The lowest BCUT2D eigenvalue weighted by molar-refractivity contribution is 0.472. The fraction of sp³-hybridized carbons (Fsp3) is 0.471. The van der Waals surface area contributed by atoms with Crippen molar-refractivity contribution in [2.45, 2.75) is 51.5 Å². The number of nitrogens with zero attached hydrogens (tertiary/aromatic N) is 1. The summed E-state index contributed by atoms with van der Waals surface area (Å²) >= 11 is 0. The van der Waals surface area contributed by atoms with Crippen LogP contribution in [0.4, 0.5) is 0 Å². The zero-order chi connectivity index (χ0) is 14.2. The van der Waals surface area contributed by atoms with E-state index in [1.165, 1.54) is 36.0 Å². The number of aryl methyl sites for hydroxylation is 3. The number of H-pyrrole nitrogens is 1. The molecule has 3 nitrogen and oxygen atoms in total. The monoisotopic (exact) mass is 269 g/mol. The lowest BCUT2D eigenvalue weighted by atomic mass is 10.00. The van der Waals surface area contributed by atoms with Gasteiger partial charge in [0.25, 0.3) is 0 Å². The average Bonchev–Trinajstić information content (AvgIpc) is 3.03. The predicted molar refractivity (Wildman–Crippen MR) is 82.6 cm³/mol. The molecule has 0 saturated carbocycles. The molecule has 0 saturated heterocycles. The van der Waals surface area contributed by atoms with Gasteiger partial charge in [0, 0.05) is 12.0 Å². The summed E-state index contributed by atoms with van der Waals surface area (Å²) in [5.74, 6) is 1.03. The largest absolute Gasteiger partial charge is 0.342 e. The van der Waals surface area contributed by atoms with E-state index in [-0.39, 0.29) is 5.54 Å². The Morgan fingerprint density at radius 3 is 2.85 bits per heavy atom. The highest BCUT2D eigenvalue weighted by atomic mass is 14.9. The highest BCUT2D eigenvalue weighted by Crippen LogP contribution is 2.27. The Hall–Kier alpha value is -1.61. The second kappa shape index (κ2) is 5.06. The van der Waals surface area contributed by atoms with Gasteiger partial charge in [-0.2, -0.15) is 0 Å². The van der Waals surface area contributed by atoms with E-state index in [9.17, 15) is 0 Å². The van der Waals surface area contributed by atoms with Gasteiger partial charge >= 0.3 is 0 Å². The maximum absolute atomic E-state index is 6.02. The number of hydrogen-bond donors (Lipinski definition) is 2. The summed E-state index contributed by atoms with van der Waals surface area (Å²) in [6, 6.07) is 6.78. The first-order valence-corrected chi connectivity index (χ1v) is 7.46. The van der Waals surface area contributed by atoms with Crippen LogP contribution in [-0.2, 0) is 19.3 Å². The number of rotatable bonds is 4. The van der Waals surface area contributed by atoms with Crippen molar-refractivity contribution >= 4 is 0 Å². The quantitative estimate of drug-likeness (QED) is 0.895. The molecule has 3 heteroatoms. The Bertz CT molecular complexity index is 605. The highest BCUT2D eigenvalue weighted by molar-refractivity contribution is 5.61. The van der Waals surface area contributed by atoms with E-state index in [1.54, 1.807) is 0 Å². The normalized spacial score (nSPS) is 14.6. The smallest absolute Gasteiger partial charge is 0.106 e. The summed E-state index contributed by atoms with van der Waals surface area (Å²) in [6.07, 6.45) is 7.51. The molecule has 0 radical (unpaired) electrons. The van der Waals surface area contributed by atoms with Crippen LogP contribution in [0.25, 0.3) is 11.3 Å². The van der Waals surface area contributed by atoms with E-state index in [2.05, 4.69) is 42.0 Å². The molecule has 1 aliphatic carbocycles. The minimum Gasteiger partial charge on any atom is -0.342 e. The summed E-state index contributed by atoms with van der Waals surface area (Å²) in [7, 11) is 0. The zero-order valence-electron chi connectivity index (χ0n) is 12.4. The van der Waals surface area contributed by atoms with Crippen LogP contribution in [0.15, 0.2) is 24.4 Å². The van der Waals surface area contributed by atoms with Gasteiger partial charge in [0.05, 0.1) is 11.9 Å². The van der Waals surface area contributed by atoms with Crippen LogP contribution in [0, 0.1) is 0 Å². The summed E-state index contributed by atoms with van der Waals surface area (Å²) in [4.78, 5) is 7.90. The van der Waals surface area contributed by atoms with Crippen molar-refractivity contribution in [1.82, 2.24) is 9.97 Å². The van der Waals surface area contributed by atoms with E-state index < -0.39 is 0 Å². The van der Waals surface area contributed by atoms with Gasteiger partial charge in [-0.3, -0.25) is 0 Å². The summed E-state index contributed by atoms with van der Waals surface area (Å²) in [5.41, 5.74) is 11.3. The van der Waals surface area contributed by atoms with Crippen LogP contribution in [0.5, 0.6) is 0 Å². The minimum atomic E-state index is -0.138. The van der Waals surface area contributed by atoms with Crippen molar-refractivity contribution < 1.29 is 0 Å². The fourth-order valence-corrected chi connectivity index (χ4v) is 2.82. The molecule has 3 rings (SSSR count). The molecule has 0 bridgehead atoms. The number of hydrogen-bond acceptors (Lipinski definition) is 2. The summed E-state index contributed by atoms with van der Waals surface area (Å²) < 4.78 is 0. The molecule has 0 spiro atoms. The first-order valence-electron chi connectivity index (χ1n) is 7.46. The first kappa shape index (κ1) is 13.4. The average molecular weight is 269 g/mol. The van der Waals surface area contributed by atoms with E-state index in [0.717, 1.165) is 24.4 Å². The van der Waals surface area contributed by atoms with Crippen molar-refractivity contribution in [3.05, 3.63) is 41.3 Å². The van der Waals surface area contributed by atoms with Crippen LogP contribution < -0.4 is 5.73 Å². The molecular weight excluding hydrogens is 246 g/mol. The third kappa shape index (κ3) is 2.93. The van der Waals surface area contributed by atoms with E-state index in [4.69, 9.17) is 5.73 Å². The molecule has 2 aromatic rings. The van der Waals surface area contributed by atoms with Crippen molar-refractivity contribution in [2.24, 2.45) is 5.73 Å². The number of aromatic amines is 1. The molecule has 1 aliphatic rings. The Kier molecular flexibility index (Phi) is 3.38. The number of aromatic nitrogens is 2. The van der Waals surface area contributed by atoms with Crippen LogP contribution in [0.1, 0.15) is 43.6 Å². The van der Waals surface area contributed by atoms with E-state index in [1.807, 2.05) is 6.20 Å². The van der Waals surface area contributed by atoms with Crippen molar-refractivity contribution in [1.29, 1.82) is 0 Å². The lowest BCUT2D eigenvalue weighted by Gasteiger charge is -2.16. The zero-order valence-corrected chi connectivity index (χ0v) is 12.4. The van der Waals surface area contributed by atoms with Crippen LogP contribution >= 0.6 is 0 Å². The van der Waals surface area contributed by atoms with Gasteiger partial charge in [-0.15, -0.1) is 0 Å². The topological polar surface area (TPSA) is 54.7 Å². The van der Waals surface area contributed by atoms with Crippen molar-refractivity contribution in [2.75, 3.05) is 0 Å². The molecule has 0 fully saturated rings. The van der Waals surface area contributed by atoms with Gasteiger partial charge in [-0.05, 0) is 62.3 Å². The van der Waals surface area contributed by atoms with E-state index >= 15 is 0 Å². The number of imidazole rings is 1. The fourth-order valence-electron chi connectivity index (χ4n) is 2.82. The molecule has 1 aromatic carbocycles. The van der Waals surface area contributed by atoms with E-state index in [0.29, 0.717) is 0 Å². The molecule has 0 unspecified atom stereocenters. The van der Waals surface area contributed by atoms with Gasteiger partial charge in [-0.1, -0.05) is 12.1 Å². The first-order chi connectivity index (χ1) is 9.51. The second-order valence-electron chi connectivity index (χ2n) is 6.57. The van der Waals surface area contributed by atoms with Crippen LogP contribution in [0.2, 0.25) is 0 Å². The van der Waals surface area contributed by atoms with Gasteiger partial charge in [0.2, 0.25) is 0 Å². The molecule has 20 heavy (non-hydrogen) atoms. The predicted octanol–water partition coefficient (Wildman–Crippen LogP) is 3.24. The van der Waals surface area contributed by atoms with Crippen LogP contribution in [0.3, 0.4) is 0 Å². The summed E-state index contributed by atoms with van der Waals surface area (Å²) in [5, 5.41) is 0. The molecule has 1 heterocycles.